The molecule has 0 aromatic heterocycles. The number of aliphatic hydroxyl groups excluding tert-OH is 1. The van der Waals surface area contributed by atoms with Crippen molar-refractivity contribution in [3.63, 3.8) is 0 Å². The van der Waals surface area contributed by atoms with Crippen LogP contribution in [0.5, 0.6) is 0 Å². The van der Waals surface area contributed by atoms with Crippen molar-refractivity contribution >= 4 is 5.91 Å². The van der Waals surface area contributed by atoms with E-state index in [1.165, 1.54) is 0 Å². The van der Waals surface area contributed by atoms with Gasteiger partial charge in [0.25, 0.3) is 0 Å². The highest BCUT2D eigenvalue weighted by molar-refractivity contribution is 5.80. The summed E-state index contributed by atoms with van der Waals surface area (Å²) in [6.45, 7) is 1.19. The molecule has 1 amide bonds. The number of carbonyl (C=O) groups is 1. The zero-order chi connectivity index (χ0) is 9.68. The van der Waals surface area contributed by atoms with Crippen molar-refractivity contribution in [2.75, 3.05) is 19.7 Å². The van der Waals surface area contributed by atoms with Gasteiger partial charge in [0.05, 0.1) is 6.10 Å². The zero-order valence-corrected chi connectivity index (χ0v) is 7.53. The van der Waals surface area contributed by atoms with Crippen molar-refractivity contribution in [2.45, 2.75) is 25.0 Å². The maximum atomic E-state index is 11.0. The molecule has 1 saturated heterocycles. The SMILES string of the molecule is NCC(O)C(=O)NCC1CCCO1. The van der Waals surface area contributed by atoms with E-state index < -0.39 is 12.0 Å². The van der Waals surface area contributed by atoms with Gasteiger partial charge in [-0.1, -0.05) is 0 Å². The first-order valence-electron chi connectivity index (χ1n) is 4.51. The van der Waals surface area contributed by atoms with Gasteiger partial charge in [0.15, 0.2) is 0 Å². The minimum Gasteiger partial charge on any atom is -0.382 e. The van der Waals surface area contributed by atoms with Crippen LogP contribution in [0.4, 0.5) is 0 Å². The average Bonchev–Trinajstić information content (AvgIpc) is 2.65. The van der Waals surface area contributed by atoms with Gasteiger partial charge in [0, 0.05) is 19.7 Å². The molecule has 1 heterocycles. The second kappa shape index (κ2) is 5.16. The summed E-state index contributed by atoms with van der Waals surface area (Å²) >= 11 is 0. The molecule has 1 fully saturated rings. The molecule has 2 atom stereocenters. The normalized spacial score (nSPS) is 24.3. The van der Waals surface area contributed by atoms with E-state index >= 15 is 0 Å². The molecule has 1 aliphatic rings. The first-order valence-corrected chi connectivity index (χ1v) is 4.51. The molecule has 13 heavy (non-hydrogen) atoms. The highest BCUT2D eigenvalue weighted by atomic mass is 16.5. The number of hydrogen-bond acceptors (Lipinski definition) is 4. The van der Waals surface area contributed by atoms with Crippen LogP contribution >= 0.6 is 0 Å². The number of carbonyl (C=O) groups excluding carboxylic acids is 1. The summed E-state index contributed by atoms with van der Waals surface area (Å²) in [7, 11) is 0. The summed E-state index contributed by atoms with van der Waals surface area (Å²) < 4.78 is 5.29. The lowest BCUT2D eigenvalue weighted by Gasteiger charge is -2.12. The summed E-state index contributed by atoms with van der Waals surface area (Å²) in [4.78, 5) is 11.0. The van der Waals surface area contributed by atoms with Gasteiger partial charge in [-0.2, -0.15) is 0 Å². The molecule has 0 bridgehead atoms. The Bertz CT molecular complexity index is 169. The lowest BCUT2D eigenvalue weighted by atomic mass is 10.2. The van der Waals surface area contributed by atoms with Crippen LogP contribution in [-0.4, -0.2) is 42.9 Å². The topological polar surface area (TPSA) is 84.6 Å². The van der Waals surface area contributed by atoms with E-state index in [-0.39, 0.29) is 12.6 Å². The van der Waals surface area contributed by atoms with Crippen molar-refractivity contribution in [1.29, 1.82) is 0 Å². The van der Waals surface area contributed by atoms with Crippen molar-refractivity contribution in [1.82, 2.24) is 5.32 Å². The molecule has 2 unspecified atom stereocenters. The minimum atomic E-state index is -1.10. The third-order valence-electron chi connectivity index (χ3n) is 2.05. The van der Waals surface area contributed by atoms with Gasteiger partial charge in [-0.25, -0.2) is 0 Å². The van der Waals surface area contributed by atoms with Gasteiger partial charge in [0.1, 0.15) is 6.10 Å². The summed E-state index contributed by atoms with van der Waals surface area (Å²) in [5.41, 5.74) is 5.11. The first-order chi connectivity index (χ1) is 6.24. The summed E-state index contributed by atoms with van der Waals surface area (Å²) in [6.07, 6.45) is 1.02. The van der Waals surface area contributed by atoms with Gasteiger partial charge in [0.2, 0.25) is 5.91 Å². The van der Waals surface area contributed by atoms with Gasteiger partial charge in [-0.3, -0.25) is 4.79 Å². The first kappa shape index (κ1) is 10.4. The van der Waals surface area contributed by atoms with Crippen LogP contribution in [0.25, 0.3) is 0 Å². The largest absolute Gasteiger partial charge is 0.382 e. The smallest absolute Gasteiger partial charge is 0.250 e. The number of nitrogens with two attached hydrogens (primary N) is 1. The molecular formula is C8H16N2O3. The maximum Gasteiger partial charge on any atom is 0.250 e. The van der Waals surface area contributed by atoms with E-state index in [0.717, 1.165) is 19.4 Å². The predicted octanol–water partition coefficient (Wildman–Crippen LogP) is -1.40. The van der Waals surface area contributed by atoms with Crippen LogP contribution < -0.4 is 11.1 Å². The van der Waals surface area contributed by atoms with Crippen LogP contribution in [0.15, 0.2) is 0 Å². The van der Waals surface area contributed by atoms with E-state index in [1.54, 1.807) is 0 Å². The number of amides is 1. The fraction of sp³-hybridized carbons (Fsp3) is 0.875. The molecule has 1 aliphatic heterocycles. The third-order valence-corrected chi connectivity index (χ3v) is 2.05. The van der Waals surface area contributed by atoms with Crippen LogP contribution in [0, 0.1) is 0 Å². The molecule has 1 rings (SSSR count). The summed E-state index contributed by atoms with van der Waals surface area (Å²) in [6, 6.07) is 0. The van der Waals surface area contributed by atoms with E-state index in [9.17, 15) is 4.79 Å². The van der Waals surface area contributed by atoms with Crippen LogP contribution in [0.1, 0.15) is 12.8 Å². The van der Waals surface area contributed by atoms with Crippen molar-refractivity contribution in [3.05, 3.63) is 0 Å². The van der Waals surface area contributed by atoms with E-state index in [0.29, 0.717) is 6.54 Å². The second-order valence-corrected chi connectivity index (χ2v) is 3.13. The molecule has 0 radical (unpaired) electrons. The molecular weight excluding hydrogens is 172 g/mol. The summed E-state index contributed by atoms with van der Waals surface area (Å²) in [5, 5.41) is 11.6. The Morgan fingerprint density at radius 1 is 1.77 bits per heavy atom. The van der Waals surface area contributed by atoms with Gasteiger partial charge < -0.3 is 20.9 Å². The number of nitrogens with one attached hydrogen (secondary N) is 1. The lowest BCUT2D eigenvalue weighted by Crippen LogP contribution is -2.42. The average molecular weight is 188 g/mol. The maximum absolute atomic E-state index is 11.0. The van der Waals surface area contributed by atoms with E-state index in [4.69, 9.17) is 15.6 Å². The monoisotopic (exact) mass is 188 g/mol. The molecule has 76 valence electrons. The molecule has 0 aliphatic carbocycles. The Kier molecular flexibility index (Phi) is 4.14. The highest BCUT2D eigenvalue weighted by Gasteiger charge is 2.18. The van der Waals surface area contributed by atoms with Crippen LogP contribution in [0.2, 0.25) is 0 Å². The summed E-state index contributed by atoms with van der Waals surface area (Å²) in [5.74, 6) is -0.419. The Morgan fingerprint density at radius 3 is 3.08 bits per heavy atom. The minimum absolute atomic E-state index is 0.0443. The molecule has 0 aromatic rings. The number of aliphatic hydroxyl groups is 1. The molecule has 5 nitrogen and oxygen atoms in total. The van der Waals surface area contributed by atoms with Gasteiger partial charge in [-0.15, -0.1) is 0 Å². The lowest BCUT2D eigenvalue weighted by molar-refractivity contribution is -0.129. The zero-order valence-electron chi connectivity index (χ0n) is 7.53. The van der Waals surface area contributed by atoms with Gasteiger partial charge >= 0.3 is 0 Å². The second-order valence-electron chi connectivity index (χ2n) is 3.13. The molecule has 0 spiro atoms. The molecule has 5 heteroatoms. The standard InChI is InChI=1S/C8H16N2O3/c9-4-7(11)8(12)10-5-6-2-1-3-13-6/h6-7,11H,1-5,9H2,(H,10,12). The number of hydrogen-bond donors (Lipinski definition) is 3. The van der Waals surface area contributed by atoms with Crippen molar-refractivity contribution < 1.29 is 14.6 Å². The fourth-order valence-electron chi connectivity index (χ4n) is 1.24. The molecule has 4 N–H and O–H groups in total. The van der Waals surface area contributed by atoms with Gasteiger partial charge in [-0.05, 0) is 12.8 Å². The quantitative estimate of drug-likeness (QED) is 0.506. The van der Waals surface area contributed by atoms with Crippen molar-refractivity contribution in [3.8, 4) is 0 Å². The van der Waals surface area contributed by atoms with Crippen molar-refractivity contribution in [2.24, 2.45) is 5.73 Å². The Morgan fingerprint density at radius 2 is 2.54 bits per heavy atom. The Balaban J connectivity index is 2.13. The van der Waals surface area contributed by atoms with E-state index in [2.05, 4.69) is 5.32 Å². The highest BCUT2D eigenvalue weighted by Crippen LogP contribution is 2.10. The van der Waals surface area contributed by atoms with Crippen LogP contribution in [0.3, 0.4) is 0 Å². The van der Waals surface area contributed by atoms with E-state index in [1.807, 2.05) is 0 Å². The number of ether oxygens (including phenoxy) is 1. The molecule has 0 saturated carbocycles. The molecule has 0 aromatic carbocycles. The number of rotatable bonds is 4. The van der Waals surface area contributed by atoms with Crippen LogP contribution in [-0.2, 0) is 9.53 Å². The third kappa shape index (κ3) is 3.30. The Labute approximate surface area is 77.2 Å². The Hall–Kier alpha value is -0.650. The predicted molar refractivity (Wildman–Crippen MR) is 47.0 cm³/mol. The fourth-order valence-corrected chi connectivity index (χ4v) is 1.24.